The van der Waals surface area contributed by atoms with Gasteiger partial charge in [-0.1, -0.05) is 0 Å². The lowest BCUT2D eigenvalue weighted by Gasteiger charge is -2.25. The molecule has 4 unspecified atom stereocenters. The summed E-state index contributed by atoms with van der Waals surface area (Å²) in [6, 6.07) is 0. The molecule has 0 radical (unpaired) electrons. The molecule has 13 heavy (non-hydrogen) atoms. The summed E-state index contributed by atoms with van der Waals surface area (Å²) in [6.07, 6.45) is -3.32. The number of ether oxygens (including phenoxy) is 2. The topological polar surface area (TPSA) is 79.2 Å². The first kappa shape index (κ1) is 12.8. The Balaban J connectivity index is 3.87. The maximum atomic E-state index is 9.34. The molecule has 0 bridgehead atoms. The molecule has 0 fully saturated rings. The molecule has 0 aromatic rings. The smallest absolute Gasteiger partial charge is 0.154 e. The largest absolute Gasteiger partial charge is 0.394 e. The van der Waals surface area contributed by atoms with Gasteiger partial charge in [0.25, 0.3) is 0 Å². The summed E-state index contributed by atoms with van der Waals surface area (Å²) in [5.41, 5.74) is 0. The standard InChI is InChI=1S/C8H18O5/c1-5(13-6(2)12-3)8(11)7(10)4-9/h5-11H,4H2,1-3H3. The Bertz CT molecular complexity index is 130. The van der Waals surface area contributed by atoms with Crippen LogP contribution < -0.4 is 0 Å². The Labute approximate surface area is 77.9 Å². The van der Waals surface area contributed by atoms with Crippen LogP contribution in [-0.4, -0.2) is 53.6 Å². The zero-order chi connectivity index (χ0) is 10.4. The molecule has 0 heterocycles. The van der Waals surface area contributed by atoms with Crippen LogP contribution in [0.5, 0.6) is 0 Å². The molecule has 0 aromatic carbocycles. The van der Waals surface area contributed by atoms with E-state index in [1.165, 1.54) is 7.11 Å². The third kappa shape index (κ3) is 4.54. The first-order valence-corrected chi connectivity index (χ1v) is 4.18. The average Bonchev–Trinajstić information content (AvgIpc) is 2.14. The monoisotopic (exact) mass is 194 g/mol. The quantitative estimate of drug-likeness (QED) is 0.477. The fourth-order valence-corrected chi connectivity index (χ4v) is 0.859. The van der Waals surface area contributed by atoms with Gasteiger partial charge in [0.1, 0.15) is 12.2 Å². The minimum atomic E-state index is -1.18. The number of methoxy groups -OCH3 is 1. The summed E-state index contributed by atoms with van der Waals surface area (Å²) in [4.78, 5) is 0. The van der Waals surface area contributed by atoms with Crippen molar-refractivity contribution in [3.8, 4) is 0 Å². The predicted molar refractivity (Wildman–Crippen MR) is 46.1 cm³/mol. The minimum absolute atomic E-state index is 0.449. The molecule has 3 N–H and O–H groups in total. The van der Waals surface area contributed by atoms with Crippen LogP contribution in [0.25, 0.3) is 0 Å². The zero-order valence-corrected chi connectivity index (χ0v) is 8.17. The Morgan fingerprint density at radius 3 is 2.15 bits per heavy atom. The van der Waals surface area contributed by atoms with Crippen molar-refractivity contribution >= 4 is 0 Å². The van der Waals surface area contributed by atoms with Gasteiger partial charge in [0, 0.05) is 7.11 Å². The number of hydrogen-bond donors (Lipinski definition) is 3. The van der Waals surface area contributed by atoms with Gasteiger partial charge in [0.2, 0.25) is 0 Å². The maximum Gasteiger partial charge on any atom is 0.154 e. The summed E-state index contributed by atoms with van der Waals surface area (Å²) in [6.45, 7) is 2.78. The van der Waals surface area contributed by atoms with Crippen LogP contribution >= 0.6 is 0 Å². The molecule has 0 spiro atoms. The molecular weight excluding hydrogens is 176 g/mol. The van der Waals surface area contributed by atoms with Gasteiger partial charge >= 0.3 is 0 Å². The van der Waals surface area contributed by atoms with E-state index in [9.17, 15) is 5.11 Å². The fourth-order valence-electron chi connectivity index (χ4n) is 0.859. The lowest BCUT2D eigenvalue weighted by Crippen LogP contribution is -2.40. The van der Waals surface area contributed by atoms with E-state index in [-0.39, 0.29) is 0 Å². The van der Waals surface area contributed by atoms with E-state index in [4.69, 9.17) is 19.7 Å². The molecule has 0 rings (SSSR count). The van der Waals surface area contributed by atoms with Crippen LogP contribution in [0.2, 0.25) is 0 Å². The molecule has 0 saturated heterocycles. The third-order valence-electron chi connectivity index (χ3n) is 1.80. The van der Waals surface area contributed by atoms with E-state index in [0.29, 0.717) is 0 Å². The van der Waals surface area contributed by atoms with Crippen LogP contribution in [0.15, 0.2) is 0 Å². The molecule has 0 saturated carbocycles. The number of aliphatic hydroxyl groups is 3. The minimum Gasteiger partial charge on any atom is -0.394 e. The van der Waals surface area contributed by atoms with Gasteiger partial charge in [0.05, 0.1) is 12.7 Å². The molecule has 0 aliphatic rings. The highest BCUT2D eigenvalue weighted by molar-refractivity contribution is 4.72. The van der Waals surface area contributed by atoms with Crippen molar-refractivity contribution in [3.05, 3.63) is 0 Å². The highest BCUT2D eigenvalue weighted by Gasteiger charge is 2.24. The summed E-state index contributed by atoms with van der Waals surface area (Å²) in [5.74, 6) is 0. The molecule has 0 aliphatic carbocycles. The van der Waals surface area contributed by atoms with Crippen LogP contribution in [0, 0.1) is 0 Å². The van der Waals surface area contributed by atoms with Crippen molar-refractivity contribution < 1.29 is 24.8 Å². The first-order chi connectivity index (χ1) is 6.02. The number of aliphatic hydroxyl groups excluding tert-OH is 3. The van der Waals surface area contributed by atoms with E-state index < -0.39 is 31.2 Å². The average molecular weight is 194 g/mol. The molecule has 5 heteroatoms. The van der Waals surface area contributed by atoms with E-state index in [0.717, 1.165) is 0 Å². The van der Waals surface area contributed by atoms with Crippen LogP contribution in [0.3, 0.4) is 0 Å². The Morgan fingerprint density at radius 2 is 1.77 bits per heavy atom. The predicted octanol–water partition coefficient (Wildman–Crippen LogP) is -0.902. The second kappa shape index (κ2) is 6.28. The summed E-state index contributed by atoms with van der Waals surface area (Å²) in [7, 11) is 1.48. The molecule has 5 nitrogen and oxygen atoms in total. The molecule has 0 amide bonds. The van der Waals surface area contributed by atoms with Gasteiger partial charge in [0.15, 0.2) is 6.29 Å². The fraction of sp³-hybridized carbons (Fsp3) is 1.00. The van der Waals surface area contributed by atoms with Gasteiger partial charge in [-0.05, 0) is 13.8 Å². The molecule has 0 aliphatic heterocycles. The lowest BCUT2D eigenvalue weighted by atomic mass is 10.1. The molecular formula is C8H18O5. The van der Waals surface area contributed by atoms with E-state index in [1.807, 2.05) is 0 Å². The van der Waals surface area contributed by atoms with Crippen molar-refractivity contribution in [2.45, 2.75) is 38.4 Å². The van der Waals surface area contributed by atoms with Crippen LogP contribution in [-0.2, 0) is 9.47 Å². The maximum absolute atomic E-state index is 9.34. The van der Waals surface area contributed by atoms with Gasteiger partial charge in [-0.3, -0.25) is 0 Å². The zero-order valence-electron chi connectivity index (χ0n) is 8.17. The highest BCUT2D eigenvalue weighted by atomic mass is 16.7. The SMILES string of the molecule is COC(C)OC(C)C(O)C(O)CO. The summed E-state index contributed by atoms with van der Waals surface area (Å²) in [5, 5.41) is 27.0. The van der Waals surface area contributed by atoms with Crippen molar-refractivity contribution in [3.63, 3.8) is 0 Å². The van der Waals surface area contributed by atoms with E-state index in [1.54, 1.807) is 13.8 Å². The van der Waals surface area contributed by atoms with Gasteiger partial charge in [-0.25, -0.2) is 0 Å². The highest BCUT2D eigenvalue weighted by Crippen LogP contribution is 2.06. The van der Waals surface area contributed by atoms with E-state index >= 15 is 0 Å². The van der Waals surface area contributed by atoms with Crippen LogP contribution in [0.1, 0.15) is 13.8 Å². The molecule has 0 aromatic heterocycles. The second-order valence-electron chi connectivity index (χ2n) is 2.89. The number of rotatable bonds is 6. The van der Waals surface area contributed by atoms with Crippen molar-refractivity contribution in [2.75, 3.05) is 13.7 Å². The third-order valence-corrected chi connectivity index (χ3v) is 1.80. The number of hydrogen-bond acceptors (Lipinski definition) is 5. The van der Waals surface area contributed by atoms with Crippen molar-refractivity contribution in [1.82, 2.24) is 0 Å². The molecule has 80 valence electrons. The first-order valence-electron chi connectivity index (χ1n) is 4.18. The Kier molecular flexibility index (Phi) is 6.19. The van der Waals surface area contributed by atoms with Crippen LogP contribution in [0.4, 0.5) is 0 Å². The Hall–Kier alpha value is -0.200. The normalized spacial score (nSPS) is 20.8. The van der Waals surface area contributed by atoms with Crippen molar-refractivity contribution in [2.24, 2.45) is 0 Å². The van der Waals surface area contributed by atoms with Crippen molar-refractivity contribution in [1.29, 1.82) is 0 Å². The van der Waals surface area contributed by atoms with Gasteiger partial charge < -0.3 is 24.8 Å². The lowest BCUT2D eigenvalue weighted by molar-refractivity contribution is -0.181. The molecule has 4 atom stereocenters. The summed E-state index contributed by atoms with van der Waals surface area (Å²) >= 11 is 0. The second-order valence-corrected chi connectivity index (χ2v) is 2.89. The van der Waals surface area contributed by atoms with E-state index in [2.05, 4.69) is 0 Å². The Morgan fingerprint density at radius 1 is 1.23 bits per heavy atom. The summed E-state index contributed by atoms with van der Waals surface area (Å²) < 4.78 is 9.95. The van der Waals surface area contributed by atoms with Gasteiger partial charge in [-0.2, -0.15) is 0 Å². The van der Waals surface area contributed by atoms with Gasteiger partial charge in [-0.15, -0.1) is 0 Å².